The summed E-state index contributed by atoms with van der Waals surface area (Å²) >= 11 is 0. The summed E-state index contributed by atoms with van der Waals surface area (Å²) in [6, 6.07) is 11.6. The Labute approximate surface area is 129 Å². The number of methoxy groups -OCH3 is 1. The van der Waals surface area contributed by atoms with Crippen molar-refractivity contribution < 1.29 is 9.53 Å². The number of hydrogen-bond acceptors (Lipinski definition) is 2. The van der Waals surface area contributed by atoms with Crippen molar-refractivity contribution in [2.45, 2.75) is 44.4 Å². The van der Waals surface area contributed by atoms with Crippen LogP contribution in [0.2, 0.25) is 25.7 Å². The third-order valence-electron chi connectivity index (χ3n) is 4.07. The monoisotopic (exact) mass is 302 g/mol. The van der Waals surface area contributed by atoms with E-state index in [9.17, 15) is 4.79 Å². The lowest BCUT2D eigenvalue weighted by Crippen LogP contribution is -2.28. The van der Waals surface area contributed by atoms with Gasteiger partial charge in [-0.05, 0) is 24.4 Å². The smallest absolute Gasteiger partial charge is 0.309 e. The highest BCUT2D eigenvalue weighted by Crippen LogP contribution is 2.39. The summed E-state index contributed by atoms with van der Waals surface area (Å²) in [7, 11) is 0.375. The van der Waals surface area contributed by atoms with Crippen molar-refractivity contribution in [1.82, 2.24) is 0 Å². The Bertz CT molecular complexity index is 514. The maximum Gasteiger partial charge on any atom is 0.309 e. The van der Waals surface area contributed by atoms with Crippen LogP contribution in [0.3, 0.4) is 0 Å². The van der Waals surface area contributed by atoms with Crippen molar-refractivity contribution in [3.05, 3.63) is 47.5 Å². The molecule has 0 heterocycles. The second-order valence-corrected chi connectivity index (χ2v) is 12.6. The molecule has 0 spiro atoms. The lowest BCUT2D eigenvalue weighted by molar-refractivity contribution is -0.146. The molecule has 0 aromatic heterocycles. The molecule has 0 fully saturated rings. The van der Waals surface area contributed by atoms with Crippen LogP contribution in [0.1, 0.15) is 24.3 Å². The number of benzene rings is 1. The van der Waals surface area contributed by atoms with Crippen LogP contribution in [0.15, 0.2) is 42.0 Å². The molecule has 2 rings (SSSR count). The van der Waals surface area contributed by atoms with Gasteiger partial charge in [0.1, 0.15) is 0 Å². The van der Waals surface area contributed by atoms with Gasteiger partial charge in [-0.2, -0.15) is 0 Å². The number of esters is 1. The largest absolute Gasteiger partial charge is 0.469 e. The summed E-state index contributed by atoms with van der Waals surface area (Å²) in [4.78, 5) is 12.1. The van der Waals surface area contributed by atoms with Crippen molar-refractivity contribution in [2.75, 3.05) is 7.11 Å². The first-order valence-electron chi connectivity index (χ1n) is 7.73. The van der Waals surface area contributed by atoms with E-state index in [1.165, 1.54) is 24.3 Å². The average Bonchev–Trinajstić information content (AvgIpc) is 2.45. The molecule has 0 radical (unpaired) electrons. The molecule has 0 saturated heterocycles. The average molecular weight is 302 g/mol. The van der Waals surface area contributed by atoms with Gasteiger partial charge in [-0.25, -0.2) is 0 Å². The standard InChI is InChI=1S/C18H26O2Si/c1-20-18(19)16-11-10-14(13-21(2,3)4)12-17(16)15-8-6-5-7-9-15/h5-9,12,16-17H,10-11,13H2,1-4H3/t16-,17-/m1/s1. The van der Waals surface area contributed by atoms with Gasteiger partial charge < -0.3 is 4.74 Å². The first kappa shape index (κ1) is 16.0. The zero-order valence-corrected chi connectivity index (χ0v) is 14.6. The molecular weight excluding hydrogens is 276 g/mol. The normalized spacial score (nSPS) is 22.6. The van der Waals surface area contributed by atoms with Crippen LogP contribution >= 0.6 is 0 Å². The Kier molecular flexibility index (Phi) is 5.04. The van der Waals surface area contributed by atoms with Crippen molar-refractivity contribution in [2.24, 2.45) is 5.92 Å². The number of ether oxygens (including phenoxy) is 1. The minimum atomic E-state index is -1.12. The van der Waals surface area contributed by atoms with Gasteiger partial charge in [0.25, 0.3) is 0 Å². The topological polar surface area (TPSA) is 26.3 Å². The molecule has 1 aromatic carbocycles. The first-order valence-corrected chi connectivity index (χ1v) is 11.4. The SMILES string of the molecule is COC(=O)[C@@H]1CCC(C[Si](C)(C)C)=C[C@@H]1c1ccccc1. The van der Waals surface area contributed by atoms with Crippen LogP contribution in [0.4, 0.5) is 0 Å². The van der Waals surface area contributed by atoms with Crippen molar-refractivity contribution >= 4 is 14.0 Å². The molecule has 3 heteroatoms. The number of carbonyl (C=O) groups excluding carboxylic acids is 1. The Morgan fingerprint density at radius 3 is 2.48 bits per heavy atom. The van der Waals surface area contributed by atoms with E-state index in [2.05, 4.69) is 37.8 Å². The summed E-state index contributed by atoms with van der Waals surface area (Å²) in [5.74, 6) is 0.0497. The van der Waals surface area contributed by atoms with Gasteiger partial charge in [0.15, 0.2) is 0 Å². The van der Waals surface area contributed by atoms with E-state index >= 15 is 0 Å². The lowest BCUT2D eigenvalue weighted by Gasteiger charge is -2.31. The Morgan fingerprint density at radius 1 is 1.24 bits per heavy atom. The summed E-state index contributed by atoms with van der Waals surface area (Å²) in [6.45, 7) is 7.20. The molecule has 0 saturated carbocycles. The van der Waals surface area contributed by atoms with Crippen LogP contribution in [0, 0.1) is 5.92 Å². The predicted octanol–water partition coefficient (Wildman–Crippen LogP) is 4.62. The molecule has 1 aliphatic rings. The zero-order valence-electron chi connectivity index (χ0n) is 13.6. The van der Waals surface area contributed by atoms with Gasteiger partial charge in [0.2, 0.25) is 0 Å². The third kappa shape index (κ3) is 4.30. The van der Waals surface area contributed by atoms with Crippen molar-refractivity contribution in [3.8, 4) is 0 Å². The van der Waals surface area contributed by atoms with Gasteiger partial charge >= 0.3 is 5.97 Å². The van der Waals surface area contributed by atoms with Crippen molar-refractivity contribution in [3.63, 3.8) is 0 Å². The minimum Gasteiger partial charge on any atom is -0.469 e. The maximum atomic E-state index is 12.1. The zero-order chi connectivity index (χ0) is 15.5. The van der Waals surface area contributed by atoms with E-state index in [1.54, 1.807) is 0 Å². The van der Waals surface area contributed by atoms with Crippen LogP contribution in [0.5, 0.6) is 0 Å². The molecule has 114 valence electrons. The van der Waals surface area contributed by atoms with E-state index in [0.717, 1.165) is 12.8 Å². The second-order valence-electron chi connectivity index (χ2n) is 7.17. The van der Waals surface area contributed by atoms with Crippen LogP contribution in [0.25, 0.3) is 0 Å². The van der Waals surface area contributed by atoms with Gasteiger partial charge in [0, 0.05) is 14.0 Å². The number of carbonyl (C=O) groups is 1. The highest BCUT2D eigenvalue weighted by atomic mass is 28.3. The minimum absolute atomic E-state index is 0.0391. The Hall–Kier alpha value is -1.35. The summed E-state index contributed by atoms with van der Waals surface area (Å²) in [5, 5.41) is 0. The molecule has 21 heavy (non-hydrogen) atoms. The Balaban J connectivity index is 2.31. The van der Waals surface area contributed by atoms with Crippen LogP contribution in [-0.2, 0) is 9.53 Å². The fraction of sp³-hybridized carbons (Fsp3) is 0.500. The highest BCUT2D eigenvalue weighted by molar-refractivity contribution is 6.76. The van der Waals surface area contributed by atoms with Gasteiger partial charge in [-0.15, -0.1) is 0 Å². The molecule has 0 N–H and O–H groups in total. The number of allylic oxidation sites excluding steroid dienone is 2. The summed E-state index contributed by atoms with van der Waals surface area (Å²) in [5.41, 5.74) is 2.75. The van der Waals surface area contributed by atoms with E-state index in [4.69, 9.17) is 4.74 Å². The molecule has 0 amide bonds. The van der Waals surface area contributed by atoms with Gasteiger partial charge in [-0.1, -0.05) is 61.6 Å². The van der Waals surface area contributed by atoms with Crippen LogP contribution < -0.4 is 0 Å². The molecule has 1 aromatic rings. The Morgan fingerprint density at radius 2 is 1.90 bits per heavy atom. The molecule has 2 atom stereocenters. The molecule has 2 nitrogen and oxygen atoms in total. The lowest BCUT2D eigenvalue weighted by atomic mass is 9.77. The fourth-order valence-corrected chi connectivity index (χ4v) is 4.88. The van der Waals surface area contributed by atoms with E-state index in [-0.39, 0.29) is 17.8 Å². The van der Waals surface area contributed by atoms with Crippen LogP contribution in [-0.4, -0.2) is 21.2 Å². The first-order chi connectivity index (χ1) is 9.90. The summed E-state index contributed by atoms with van der Waals surface area (Å²) in [6.07, 6.45) is 4.29. The van der Waals surface area contributed by atoms with E-state index in [1.807, 2.05) is 18.2 Å². The van der Waals surface area contributed by atoms with Crippen molar-refractivity contribution in [1.29, 1.82) is 0 Å². The third-order valence-corrected chi connectivity index (χ3v) is 5.59. The summed E-state index contributed by atoms with van der Waals surface area (Å²) < 4.78 is 5.02. The van der Waals surface area contributed by atoms with E-state index < -0.39 is 8.07 Å². The van der Waals surface area contributed by atoms with Gasteiger partial charge in [0.05, 0.1) is 13.0 Å². The molecule has 0 bridgehead atoms. The molecule has 0 aliphatic heterocycles. The number of rotatable bonds is 4. The fourth-order valence-electron chi connectivity index (χ4n) is 3.22. The van der Waals surface area contributed by atoms with E-state index in [0.29, 0.717) is 0 Å². The quantitative estimate of drug-likeness (QED) is 0.461. The molecular formula is C18H26O2Si. The molecule has 0 unspecified atom stereocenters. The second kappa shape index (κ2) is 6.61. The molecule has 1 aliphatic carbocycles. The highest BCUT2D eigenvalue weighted by Gasteiger charge is 2.33. The number of hydrogen-bond donors (Lipinski definition) is 0. The van der Waals surface area contributed by atoms with Gasteiger partial charge in [-0.3, -0.25) is 4.79 Å². The maximum absolute atomic E-state index is 12.1. The predicted molar refractivity (Wildman–Crippen MR) is 90.2 cm³/mol.